The molecule has 0 aliphatic carbocycles. The highest BCUT2D eigenvalue weighted by Crippen LogP contribution is 2.29. The van der Waals surface area contributed by atoms with Crippen molar-refractivity contribution >= 4 is 5.91 Å². The maximum absolute atomic E-state index is 11.9. The third-order valence-corrected chi connectivity index (χ3v) is 4.36. The number of aliphatic hydroxyl groups is 1. The van der Waals surface area contributed by atoms with E-state index in [-0.39, 0.29) is 25.7 Å². The molecule has 0 atom stereocenters. The predicted molar refractivity (Wildman–Crippen MR) is 112 cm³/mol. The van der Waals surface area contributed by atoms with E-state index in [1.165, 1.54) is 4.90 Å². The zero-order chi connectivity index (χ0) is 21.5. The Bertz CT molecular complexity index is 965. The molecule has 0 aliphatic rings. The van der Waals surface area contributed by atoms with E-state index in [0.717, 1.165) is 22.7 Å². The zero-order valence-electron chi connectivity index (χ0n) is 17.2. The van der Waals surface area contributed by atoms with Crippen LogP contribution in [0.3, 0.4) is 0 Å². The lowest BCUT2D eigenvalue weighted by Crippen LogP contribution is -2.27. The number of aliphatic hydroxyl groups excluding tert-OH is 1. The summed E-state index contributed by atoms with van der Waals surface area (Å²) in [6.07, 6.45) is 0. The van der Waals surface area contributed by atoms with Crippen molar-refractivity contribution in [3.63, 3.8) is 0 Å². The van der Waals surface area contributed by atoms with Crippen LogP contribution in [-0.4, -0.2) is 66.7 Å². The molecule has 3 rings (SSSR count). The molecule has 2 aromatic carbocycles. The largest absolute Gasteiger partial charge is 0.497 e. The van der Waals surface area contributed by atoms with Gasteiger partial charge in [-0.2, -0.15) is 0 Å². The number of benzene rings is 2. The van der Waals surface area contributed by atoms with Gasteiger partial charge in [0, 0.05) is 25.7 Å². The third-order valence-electron chi connectivity index (χ3n) is 4.36. The topological polar surface area (TPSA) is 86.1 Å². The van der Waals surface area contributed by atoms with Crippen molar-refractivity contribution in [2.75, 3.05) is 41.0 Å². The minimum Gasteiger partial charge on any atom is -0.497 e. The highest BCUT2D eigenvalue weighted by Gasteiger charge is 2.15. The van der Waals surface area contributed by atoms with Crippen molar-refractivity contribution < 1.29 is 24.1 Å². The van der Waals surface area contributed by atoms with Crippen LogP contribution in [0.15, 0.2) is 54.6 Å². The van der Waals surface area contributed by atoms with Gasteiger partial charge in [0.2, 0.25) is 5.88 Å². The minimum atomic E-state index is -0.152. The molecule has 0 fully saturated rings. The number of carbonyl (C=O) groups excluding carboxylic acids is 1. The first kappa shape index (κ1) is 21.2. The molecular weight excluding hydrogens is 386 g/mol. The van der Waals surface area contributed by atoms with E-state index in [9.17, 15) is 4.79 Å². The summed E-state index contributed by atoms with van der Waals surface area (Å²) < 4.78 is 18.0. The molecule has 1 aromatic heterocycles. The van der Waals surface area contributed by atoms with E-state index < -0.39 is 0 Å². The monoisotopic (exact) mass is 411 g/mol. The highest BCUT2D eigenvalue weighted by atomic mass is 16.5. The molecule has 0 bridgehead atoms. The minimum absolute atomic E-state index is 0.0433. The van der Waals surface area contributed by atoms with Crippen LogP contribution in [0.1, 0.15) is 0 Å². The van der Waals surface area contributed by atoms with E-state index in [1.807, 2.05) is 48.5 Å². The number of ether oxygens (including phenoxy) is 3. The average molecular weight is 411 g/mol. The Morgan fingerprint density at radius 3 is 2.30 bits per heavy atom. The molecule has 1 heterocycles. The Morgan fingerprint density at radius 2 is 1.70 bits per heavy atom. The number of rotatable bonds is 9. The van der Waals surface area contributed by atoms with Gasteiger partial charge in [-0.3, -0.25) is 4.79 Å². The van der Waals surface area contributed by atoms with Gasteiger partial charge >= 0.3 is 0 Å². The first-order valence-corrected chi connectivity index (χ1v) is 9.43. The molecule has 1 amide bonds. The lowest BCUT2D eigenvalue weighted by Gasteiger charge is -2.10. The maximum Gasteiger partial charge on any atom is 0.260 e. The summed E-state index contributed by atoms with van der Waals surface area (Å²) in [5.74, 6) is 1.60. The Labute approximate surface area is 175 Å². The number of aromatic nitrogens is 2. The summed E-state index contributed by atoms with van der Waals surface area (Å²) in [5, 5.41) is 13.4. The van der Waals surface area contributed by atoms with Crippen LogP contribution in [0, 0.1) is 0 Å². The van der Waals surface area contributed by atoms with Crippen molar-refractivity contribution in [2.24, 2.45) is 0 Å². The molecule has 30 heavy (non-hydrogen) atoms. The predicted octanol–water partition coefficient (Wildman–Crippen LogP) is 2.39. The van der Waals surface area contributed by atoms with Crippen molar-refractivity contribution in [1.82, 2.24) is 14.7 Å². The molecule has 8 nitrogen and oxygen atoms in total. The molecule has 0 unspecified atom stereocenters. The van der Waals surface area contributed by atoms with Crippen LogP contribution in [0.5, 0.6) is 17.4 Å². The fourth-order valence-electron chi connectivity index (χ4n) is 2.71. The quantitative estimate of drug-likeness (QED) is 0.582. The molecule has 0 radical (unpaired) electrons. The van der Waals surface area contributed by atoms with Crippen LogP contribution in [0.2, 0.25) is 0 Å². The number of hydrogen-bond donors (Lipinski definition) is 1. The lowest BCUT2D eigenvalue weighted by molar-refractivity contribution is -0.130. The second-order valence-electron chi connectivity index (χ2n) is 6.65. The molecule has 0 spiro atoms. The Morgan fingerprint density at radius 1 is 1.03 bits per heavy atom. The van der Waals surface area contributed by atoms with Gasteiger partial charge in [-0.05, 0) is 48.5 Å². The maximum atomic E-state index is 11.9. The van der Waals surface area contributed by atoms with Crippen LogP contribution in [0.25, 0.3) is 16.9 Å². The number of carbonyl (C=O) groups is 1. The third kappa shape index (κ3) is 5.09. The summed E-state index contributed by atoms with van der Waals surface area (Å²) in [4.78, 5) is 13.3. The van der Waals surface area contributed by atoms with Crippen molar-refractivity contribution in [1.29, 1.82) is 0 Å². The van der Waals surface area contributed by atoms with Gasteiger partial charge in [-0.15, -0.1) is 5.10 Å². The summed E-state index contributed by atoms with van der Waals surface area (Å²) in [6, 6.07) is 16.7. The van der Waals surface area contributed by atoms with Gasteiger partial charge in [0.25, 0.3) is 5.91 Å². The Hall–Kier alpha value is -3.52. The summed E-state index contributed by atoms with van der Waals surface area (Å²) >= 11 is 0. The van der Waals surface area contributed by atoms with Crippen molar-refractivity contribution in [2.45, 2.75) is 0 Å². The smallest absolute Gasteiger partial charge is 0.260 e. The first-order valence-electron chi connectivity index (χ1n) is 9.43. The average Bonchev–Trinajstić information content (AvgIpc) is 3.20. The number of methoxy groups -OCH3 is 1. The van der Waals surface area contributed by atoms with E-state index in [1.54, 1.807) is 32.0 Å². The number of amides is 1. The fraction of sp³-hybridized carbons (Fsp3) is 0.273. The number of hydrogen-bond acceptors (Lipinski definition) is 6. The van der Waals surface area contributed by atoms with Crippen molar-refractivity contribution in [3.8, 4) is 34.3 Å². The normalized spacial score (nSPS) is 10.5. The van der Waals surface area contributed by atoms with Crippen LogP contribution < -0.4 is 14.2 Å². The lowest BCUT2D eigenvalue weighted by atomic mass is 10.1. The summed E-state index contributed by atoms with van der Waals surface area (Å²) in [6.45, 7) is 0.0966. The standard InChI is InChI=1S/C22H25N3O5/c1-24(2)22(27)15-30-21-14-20(16-4-8-19(9-5-16)29-13-12-26)25(23-21)17-6-10-18(28-3)11-7-17/h4-11,14,26H,12-13,15H2,1-3H3. The fourth-order valence-corrected chi connectivity index (χ4v) is 2.71. The SMILES string of the molecule is COc1ccc(-n2nc(OCC(=O)N(C)C)cc2-c2ccc(OCCO)cc2)cc1. The molecule has 0 saturated carbocycles. The summed E-state index contributed by atoms with van der Waals surface area (Å²) in [7, 11) is 4.96. The van der Waals surface area contributed by atoms with E-state index >= 15 is 0 Å². The Kier molecular flexibility index (Phi) is 6.92. The van der Waals surface area contributed by atoms with Gasteiger partial charge in [0.05, 0.1) is 25.1 Å². The number of nitrogens with zero attached hydrogens (tertiary/aromatic N) is 3. The molecule has 0 aliphatic heterocycles. The van der Waals surface area contributed by atoms with E-state index in [2.05, 4.69) is 5.10 Å². The second kappa shape index (κ2) is 9.80. The van der Waals surface area contributed by atoms with Gasteiger partial charge in [-0.1, -0.05) is 0 Å². The van der Waals surface area contributed by atoms with Crippen LogP contribution in [-0.2, 0) is 4.79 Å². The molecule has 158 valence electrons. The highest BCUT2D eigenvalue weighted by molar-refractivity contribution is 5.77. The second-order valence-corrected chi connectivity index (χ2v) is 6.65. The van der Waals surface area contributed by atoms with Gasteiger partial charge < -0.3 is 24.2 Å². The summed E-state index contributed by atoms with van der Waals surface area (Å²) in [5.41, 5.74) is 2.50. The molecule has 3 aromatic rings. The molecule has 1 N–H and O–H groups in total. The van der Waals surface area contributed by atoms with Crippen LogP contribution in [0.4, 0.5) is 0 Å². The van der Waals surface area contributed by atoms with Gasteiger partial charge in [0.15, 0.2) is 6.61 Å². The molecular formula is C22H25N3O5. The Balaban J connectivity index is 1.93. The number of likely N-dealkylation sites (N-methyl/N-ethyl adjacent to an activating group) is 1. The van der Waals surface area contributed by atoms with E-state index in [0.29, 0.717) is 11.6 Å². The zero-order valence-corrected chi connectivity index (χ0v) is 17.2. The first-order chi connectivity index (χ1) is 14.5. The molecule has 8 heteroatoms. The van der Waals surface area contributed by atoms with Crippen molar-refractivity contribution in [3.05, 3.63) is 54.6 Å². The van der Waals surface area contributed by atoms with Gasteiger partial charge in [0.1, 0.15) is 18.1 Å². The van der Waals surface area contributed by atoms with Crippen LogP contribution >= 0.6 is 0 Å². The van der Waals surface area contributed by atoms with Gasteiger partial charge in [-0.25, -0.2) is 4.68 Å². The molecule has 0 saturated heterocycles. The van der Waals surface area contributed by atoms with E-state index in [4.69, 9.17) is 19.3 Å².